The average molecular weight is 372 g/mol. The van der Waals surface area contributed by atoms with Crippen LogP contribution in [0.1, 0.15) is 25.7 Å². The summed E-state index contributed by atoms with van der Waals surface area (Å²) in [4.78, 5) is 11.9. The maximum atomic E-state index is 12.3. The minimum Gasteiger partial charge on any atom is -0.460 e. The van der Waals surface area contributed by atoms with Crippen LogP contribution in [0.5, 0.6) is 6.01 Å². The molecule has 1 fully saturated rings. The number of hydrogen-bond acceptors (Lipinski definition) is 6. The van der Waals surface area contributed by atoms with E-state index in [1.54, 1.807) is 11.6 Å². The van der Waals surface area contributed by atoms with Crippen molar-refractivity contribution in [3.05, 3.63) is 29.9 Å². The van der Waals surface area contributed by atoms with Crippen LogP contribution in [-0.2, 0) is 17.1 Å². The molecular formula is C14H18ClN5O3S. The van der Waals surface area contributed by atoms with Crippen molar-refractivity contribution in [1.82, 2.24) is 24.2 Å². The Morgan fingerprint density at radius 3 is 2.46 bits per heavy atom. The summed E-state index contributed by atoms with van der Waals surface area (Å²) in [6.45, 7) is 0. The Bertz CT molecular complexity index is 785. The lowest BCUT2D eigenvalue weighted by atomic mass is 9.94. The molecule has 1 aliphatic carbocycles. The van der Waals surface area contributed by atoms with Crippen molar-refractivity contribution >= 4 is 21.6 Å². The van der Waals surface area contributed by atoms with Crippen LogP contribution in [0.4, 0.5) is 0 Å². The average Bonchev–Trinajstić information content (AvgIpc) is 2.99. The van der Waals surface area contributed by atoms with Crippen molar-refractivity contribution < 1.29 is 13.2 Å². The molecule has 1 saturated carbocycles. The summed E-state index contributed by atoms with van der Waals surface area (Å²) < 4.78 is 34.5. The number of hydrogen-bond donors (Lipinski definition) is 1. The summed E-state index contributed by atoms with van der Waals surface area (Å²) in [6, 6.07) is 0.167. The third-order valence-corrected chi connectivity index (χ3v) is 5.42. The van der Waals surface area contributed by atoms with Crippen LogP contribution in [0.2, 0.25) is 5.02 Å². The van der Waals surface area contributed by atoms with Gasteiger partial charge in [-0.15, -0.1) is 0 Å². The van der Waals surface area contributed by atoms with E-state index in [0.717, 1.165) is 12.8 Å². The van der Waals surface area contributed by atoms with E-state index in [1.807, 2.05) is 0 Å². The van der Waals surface area contributed by atoms with Gasteiger partial charge in [-0.3, -0.25) is 0 Å². The number of imidazole rings is 1. The third-order valence-electron chi connectivity index (χ3n) is 3.82. The first-order valence-corrected chi connectivity index (χ1v) is 9.43. The smallest absolute Gasteiger partial charge is 0.316 e. The van der Waals surface area contributed by atoms with Gasteiger partial charge in [-0.1, -0.05) is 11.6 Å². The van der Waals surface area contributed by atoms with Crippen molar-refractivity contribution in [3.8, 4) is 6.01 Å². The first kappa shape index (κ1) is 17.1. The predicted molar refractivity (Wildman–Crippen MR) is 87.2 cm³/mol. The van der Waals surface area contributed by atoms with Crippen LogP contribution in [0.3, 0.4) is 0 Å². The van der Waals surface area contributed by atoms with E-state index in [2.05, 4.69) is 19.7 Å². The molecule has 130 valence electrons. The molecule has 2 aromatic heterocycles. The molecule has 1 aliphatic rings. The van der Waals surface area contributed by atoms with Crippen molar-refractivity contribution in [2.24, 2.45) is 7.05 Å². The lowest BCUT2D eigenvalue weighted by molar-refractivity contribution is 0.132. The van der Waals surface area contributed by atoms with Crippen molar-refractivity contribution in [1.29, 1.82) is 0 Å². The highest BCUT2D eigenvalue weighted by molar-refractivity contribution is 7.89. The summed E-state index contributed by atoms with van der Waals surface area (Å²) in [5.41, 5.74) is 0. The van der Waals surface area contributed by atoms with Gasteiger partial charge < -0.3 is 9.30 Å². The standard InChI is InChI=1S/C14H18ClN5O3S/c1-20-8-13(18-9-20)24(21,22)19-11-2-4-12(5-3-11)23-14-16-6-10(15)7-17-14/h6-9,11-12,19H,2-5H2,1H3. The second kappa shape index (κ2) is 7.04. The van der Waals surface area contributed by atoms with Gasteiger partial charge in [0, 0.05) is 19.3 Å². The number of sulfonamides is 1. The van der Waals surface area contributed by atoms with E-state index in [1.165, 1.54) is 24.9 Å². The van der Waals surface area contributed by atoms with Gasteiger partial charge >= 0.3 is 6.01 Å². The Morgan fingerprint density at radius 1 is 1.21 bits per heavy atom. The van der Waals surface area contributed by atoms with E-state index in [0.29, 0.717) is 17.9 Å². The zero-order valence-corrected chi connectivity index (χ0v) is 14.7. The van der Waals surface area contributed by atoms with Gasteiger partial charge in [0.1, 0.15) is 6.10 Å². The minimum absolute atomic E-state index is 0.0261. The number of aryl methyl sites for hydroxylation is 1. The number of nitrogens with one attached hydrogen (secondary N) is 1. The van der Waals surface area contributed by atoms with Gasteiger partial charge in [0.25, 0.3) is 10.0 Å². The van der Waals surface area contributed by atoms with E-state index >= 15 is 0 Å². The molecule has 24 heavy (non-hydrogen) atoms. The van der Waals surface area contributed by atoms with Crippen LogP contribution < -0.4 is 9.46 Å². The lowest BCUT2D eigenvalue weighted by Crippen LogP contribution is -2.39. The van der Waals surface area contributed by atoms with Gasteiger partial charge in [-0.05, 0) is 25.7 Å². The summed E-state index contributed by atoms with van der Waals surface area (Å²) in [7, 11) is -1.85. The van der Waals surface area contributed by atoms with Gasteiger partial charge in [0.2, 0.25) is 0 Å². The van der Waals surface area contributed by atoms with E-state index in [9.17, 15) is 8.42 Å². The highest BCUT2D eigenvalue weighted by Gasteiger charge is 2.28. The number of rotatable bonds is 5. The molecule has 0 unspecified atom stereocenters. The van der Waals surface area contributed by atoms with Crippen LogP contribution in [0, 0.1) is 0 Å². The fourth-order valence-electron chi connectivity index (χ4n) is 2.62. The van der Waals surface area contributed by atoms with Crippen LogP contribution in [-0.4, -0.2) is 40.1 Å². The van der Waals surface area contributed by atoms with Crippen LogP contribution in [0.15, 0.2) is 29.9 Å². The molecule has 0 spiro atoms. The molecule has 1 N–H and O–H groups in total. The molecule has 0 aromatic carbocycles. The Hall–Kier alpha value is -1.71. The molecule has 0 aliphatic heterocycles. The Kier molecular flexibility index (Phi) is 5.02. The lowest BCUT2D eigenvalue weighted by Gasteiger charge is -2.28. The van der Waals surface area contributed by atoms with Crippen LogP contribution >= 0.6 is 11.6 Å². The third kappa shape index (κ3) is 4.22. The Balaban J connectivity index is 1.52. The van der Waals surface area contributed by atoms with Crippen molar-refractivity contribution in [2.45, 2.75) is 42.9 Å². The normalized spacial score (nSPS) is 21.6. The van der Waals surface area contributed by atoms with Gasteiger partial charge in [0.05, 0.1) is 23.7 Å². The molecule has 0 saturated heterocycles. The first-order valence-electron chi connectivity index (χ1n) is 7.57. The van der Waals surface area contributed by atoms with Crippen LogP contribution in [0.25, 0.3) is 0 Å². The van der Waals surface area contributed by atoms with Gasteiger partial charge in [0.15, 0.2) is 5.03 Å². The molecule has 2 aromatic rings. The summed E-state index contributed by atoms with van der Waals surface area (Å²) in [5.74, 6) is 0. The predicted octanol–water partition coefficient (Wildman–Crippen LogP) is 1.53. The maximum Gasteiger partial charge on any atom is 0.316 e. The molecule has 0 atom stereocenters. The highest BCUT2D eigenvalue weighted by atomic mass is 35.5. The number of nitrogens with zero attached hydrogens (tertiary/aromatic N) is 4. The Labute approximate surface area is 145 Å². The Morgan fingerprint density at radius 2 is 1.88 bits per heavy atom. The number of aromatic nitrogens is 4. The molecule has 2 heterocycles. The van der Waals surface area contributed by atoms with Gasteiger partial charge in [-0.2, -0.15) is 0 Å². The fraction of sp³-hybridized carbons (Fsp3) is 0.500. The van der Waals surface area contributed by atoms with Crippen molar-refractivity contribution in [2.75, 3.05) is 0 Å². The maximum absolute atomic E-state index is 12.3. The largest absolute Gasteiger partial charge is 0.460 e. The number of halogens is 1. The molecule has 0 bridgehead atoms. The zero-order chi connectivity index (χ0) is 17.2. The molecule has 0 radical (unpaired) electrons. The van der Waals surface area contributed by atoms with E-state index < -0.39 is 10.0 Å². The topological polar surface area (TPSA) is 99.0 Å². The zero-order valence-electron chi connectivity index (χ0n) is 13.1. The SMILES string of the molecule is Cn1cnc(S(=O)(=O)NC2CCC(Oc3ncc(Cl)cn3)CC2)c1. The molecule has 3 rings (SSSR count). The number of ether oxygens (including phenoxy) is 1. The van der Waals surface area contributed by atoms with Crippen molar-refractivity contribution in [3.63, 3.8) is 0 Å². The quantitative estimate of drug-likeness (QED) is 0.855. The summed E-state index contributed by atoms with van der Waals surface area (Å²) >= 11 is 5.73. The van der Waals surface area contributed by atoms with Gasteiger partial charge in [-0.25, -0.2) is 28.1 Å². The minimum atomic E-state index is -3.58. The second-order valence-electron chi connectivity index (χ2n) is 5.77. The first-order chi connectivity index (χ1) is 11.4. The van der Waals surface area contributed by atoms with E-state index in [4.69, 9.17) is 16.3 Å². The monoisotopic (exact) mass is 371 g/mol. The highest BCUT2D eigenvalue weighted by Crippen LogP contribution is 2.23. The summed E-state index contributed by atoms with van der Waals surface area (Å²) in [5, 5.41) is 0.493. The van der Waals surface area contributed by atoms with E-state index in [-0.39, 0.29) is 23.2 Å². The summed E-state index contributed by atoms with van der Waals surface area (Å²) in [6.07, 6.45) is 8.70. The molecule has 10 heteroatoms. The second-order valence-corrected chi connectivity index (χ2v) is 7.87. The fourth-order valence-corrected chi connectivity index (χ4v) is 4.00. The molecular weight excluding hydrogens is 354 g/mol. The molecule has 8 nitrogen and oxygen atoms in total. The molecule has 0 amide bonds.